The van der Waals surface area contributed by atoms with Crippen LogP contribution in [0.5, 0.6) is 5.75 Å². The van der Waals surface area contributed by atoms with Gasteiger partial charge in [0.15, 0.2) is 0 Å². The third-order valence-electron chi connectivity index (χ3n) is 3.54. The normalized spacial score (nSPS) is 14.9. The Hall–Kier alpha value is -1.02. The molecule has 1 atom stereocenters. The van der Waals surface area contributed by atoms with Gasteiger partial charge in [0.2, 0.25) is 0 Å². The topological polar surface area (TPSA) is 29.5 Å². The molecule has 0 saturated carbocycles. The average Bonchev–Trinajstić information content (AvgIpc) is 2.29. The van der Waals surface area contributed by atoms with Crippen molar-refractivity contribution in [3.63, 3.8) is 0 Å². The maximum atomic E-state index is 9.54. The molecule has 0 saturated heterocycles. The van der Waals surface area contributed by atoms with Gasteiger partial charge in [-0.1, -0.05) is 39.0 Å². The highest BCUT2D eigenvalue weighted by molar-refractivity contribution is 5.34. The van der Waals surface area contributed by atoms with Crippen LogP contribution in [0.4, 0.5) is 0 Å². The van der Waals surface area contributed by atoms with Crippen LogP contribution < -0.4 is 4.74 Å². The van der Waals surface area contributed by atoms with Crippen LogP contribution >= 0.6 is 0 Å². The molecule has 0 aliphatic rings. The average molecular weight is 222 g/mol. The van der Waals surface area contributed by atoms with Crippen LogP contribution in [0, 0.1) is 11.3 Å². The molecular weight excluding hydrogens is 200 g/mol. The lowest BCUT2D eigenvalue weighted by atomic mass is 9.75. The van der Waals surface area contributed by atoms with Gasteiger partial charge in [-0.15, -0.1) is 0 Å². The first-order valence-corrected chi connectivity index (χ1v) is 5.76. The fourth-order valence-electron chi connectivity index (χ4n) is 1.73. The zero-order chi connectivity index (χ0) is 12.2. The van der Waals surface area contributed by atoms with E-state index in [0.717, 1.165) is 17.7 Å². The minimum atomic E-state index is -0.0887. The first-order valence-electron chi connectivity index (χ1n) is 5.76. The molecule has 0 aliphatic heterocycles. The van der Waals surface area contributed by atoms with E-state index in [1.165, 1.54) is 0 Å². The fraction of sp³-hybridized carbons (Fsp3) is 0.571. The first kappa shape index (κ1) is 13.0. The third kappa shape index (κ3) is 2.76. The molecule has 1 aromatic carbocycles. The Morgan fingerprint density at radius 1 is 1.31 bits per heavy atom. The zero-order valence-corrected chi connectivity index (χ0v) is 10.7. The SMILES string of the molecule is COc1ccccc1CC(C)(CO)C(C)C. The Morgan fingerprint density at radius 2 is 1.94 bits per heavy atom. The number of benzene rings is 1. The maximum absolute atomic E-state index is 9.54. The van der Waals surface area contributed by atoms with Gasteiger partial charge in [0.05, 0.1) is 7.11 Å². The molecule has 90 valence electrons. The molecule has 0 heterocycles. The van der Waals surface area contributed by atoms with Crippen molar-refractivity contribution in [2.45, 2.75) is 27.2 Å². The number of hydrogen-bond donors (Lipinski definition) is 1. The molecule has 0 bridgehead atoms. The second kappa shape index (κ2) is 5.35. The van der Waals surface area contributed by atoms with E-state index in [9.17, 15) is 5.11 Å². The number of methoxy groups -OCH3 is 1. The molecule has 1 unspecified atom stereocenters. The molecule has 0 fully saturated rings. The molecule has 0 aromatic heterocycles. The van der Waals surface area contributed by atoms with Crippen molar-refractivity contribution >= 4 is 0 Å². The van der Waals surface area contributed by atoms with Gasteiger partial charge >= 0.3 is 0 Å². The molecule has 1 rings (SSSR count). The van der Waals surface area contributed by atoms with Crippen LogP contribution in [0.25, 0.3) is 0 Å². The number of hydrogen-bond acceptors (Lipinski definition) is 2. The molecule has 0 aliphatic carbocycles. The molecular formula is C14H22O2. The largest absolute Gasteiger partial charge is 0.496 e. The van der Waals surface area contributed by atoms with Crippen LogP contribution in [-0.2, 0) is 6.42 Å². The van der Waals surface area contributed by atoms with E-state index in [0.29, 0.717) is 5.92 Å². The van der Waals surface area contributed by atoms with Gasteiger partial charge in [0, 0.05) is 6.61 Å². The Kier molecular flexibility index (Phi) is 4.36. The summed E-state index contributed by atoms with van der Waals surface area (Å²) < 4.78 is 5.33. The van der Waals surface area contributed by atoms with E-state index >= 15 is 0 Å². The molecule has 1 aromatic rings. The molecule has 0 radical (unpaired) electrons. The smallest absolute Gasteiger partial charge is 0.122 e. The van der Waals surface area contributed by atoms with Crippen LogP contribution in [0.2, 0.25) is 0 Å². The molecule has 16 heavy (non-hydrogen) atoms. The molecule has 2 nitrogen and oxygen atoms in total. The van der Waals surface area contributed by atoms with Gasteiger partial charge in [-0.05, 0) is 29.4 Å². The Morgan fingerprint density at radius 3 is 2.44 bits per heavy atom. The van der Waals surface area contributed by atoms with Crippen LogP contribution in [0.1, 0.15) is 26.3 Å². The van der Waals surface area contributed by atoms with Gasteiger partial charge in [-0.3, -0.25) is 0 Å². The van der Waals surface area contributed by atoms with Crippen molar-refractivity contribution in [1.82, 2.24) is 0 Å². The Balaban J connectivity index is 2.94. The highest BCUT2D eigenvalue weighted by atomic mass is 16.5. The van der Waals surface area contributed by atoms with Gasteiger partial charge in [-0.25, -0.2) is 0 Å². The van der Waals surface area contributed by atoms with Crippen LogP contribution in [0.15, 0.2) is 24.3 Å². The van der Waals surface area contributed by atoms with E-state index < -0.39 is 0 Å². The summed E-state index contributed by atoms with van der Waals surface area (Å²) >= 11 is 0. The van der Waals surface area contributed by atoms with Gasteiger partial charge in [-0.2, -0.15) is 0 Å². The summed E-state index contributed by atoms with van der Waals surface area (Å²) in [6.07, 6.45) is 0.838. The number of para-hydroxylation sites is 1. The predicted octanol–water partition coefficient (Wildman–Crippen LogP) is 2.89. The lowest BCUT2D eigenvalue weighted by molar-refractivity contribution is 0.0941. The van der Waals surface area contributed by atoms with E-state index in [-0.39, 0.29) is 12.0 Å². The highest BCUT2D eigenvalue weighted by Crippen LogP contribution is 2.33. The minimum absolute atomic E-state index is 0.0887. The summed E-state index contributed by atoms with van der Waals surface area (Å²) in [6, 6.07) is 8.01. The van der Waals surface area contributed by atoms with Crippen molar-refractivity contribution in [1.29, 1.82) is 0 Å². The van der Waals surface area contributed by atoms with Gasteiger partial charge < -0.3 is 9.84 Å². The van der Waals surface area contributed by atoms with Gasteiger partial charge in [0.25, 0.3) is 0 Å². The van der Waals surface area contributed by atoms with Crippen LogP contribution in [0.3, 0.4) is 0 Å². The summed E-state index contributed by atoms with van der Waals surface area (Å²) in [6.45, 7) is 6.60. The third-order valence-corrected chi connectivity index (χ3v) is 3.54. The minimum Gasteiger partial charge on any atom is -0.496 e. The second-order valence-electron chi connectivity index (χ2n) is 4.96. The van der Waals surface area contributed by atoms with Gasteiger partial charge in [0.1, 0.15) is 5.75 Å². The number of rotatable bonds is 5. The molecule has 0 amide bonds. The van der Waals surface area contributed by atoms with E-state index in [1.54, 1.807) is 7.11 Å². The molecule has 0 spiro atoms. The van der Waals surface area contributed by atoms with Crippen molar-refractivity contribution in [2.75, 3.05) is 13.7 Å². The fourth-order valence-corrected chi connectivity index (χ4v) is 1.73. The molecule has 2 heteroatoms. The monoisotopic (exact) mass is 222 g/mol. The van der Waals surface area contributed by atoms with E-state index in [4.69, 9.17) is 4.74 Å². The van der Waals surface area contributed by atoms with Crippen LogP contribution in [-0.4, -0.2) is 18.8 Å². The second-order valence-corrected chi connectivity index (χ2v) is 4.96. The lowest BCUT2D eigenvalue weighted by Crippen LogP contribution is -2.30. The van der Waals surface area contributed by atoms with Crippen molar-refractivity contribution in [2.24, 2.45) is 11.3 Å². The summed E-state index contributed by atoms with van der Waals surface area (Å²) in [4.78, 5) is 0. The van der Waals surface area contributed by atoms with Crippen molar-refractivity contribution in [3.05, 3.63) is 29.8 Å². The number of ether oxygens (including phenoxy) is 1. The highest BCUT2D eigenvalue weighted by Gasteiger charge is 2.28. The summed E-state index contributed by atoms with van der Waals surface area (Å²) in [5.74, 6) is 1.34. The Bertz CT molecular complexity index is 333. The molecule has 1 N–H and O–H groups in total. The summed E-state index contributed by atoms with van der Waals surface area (Å²) in [5, 5.41) is 9.54. The predicted molar refractivity (Wildman–Crippen MR) is 66.7 cm³/mol. The zero-order valence-electron chi connectivity index (χ0n) is 10.7. The van der Waals surface area contributed by atoms with E-state index in [2.05, 4.69) is 26.8 Å². The lowest BCUT2D eigenvalue weighted by Gasteiger charge is -2.32. The number of aliphatic hydroxyl groups is 1. The maximum Gasteiger partial charge on any atom is 0.122 e. The standard InChI is InChI=1S/C14H22O2/c1-11(2)14(3,10-15)9-12-7-5-6-8-13(12)16-4/h5-8,11,15H,9-10H2,1-4H3. The summed E-state index contributed by atoms with van der Waals surface area (Å²) in [7, 11) is 1.69. The Labute approximate surface area is 98.3 Å². The van der Waals surface area contributed by atoms with Crippen molar-refractivity contribution < 1.29 is 9.84 Å². The van der Waals surface area contributed by atoms with Crippen molar-refractivity contribution in [3.8, 4) is 5.75 Å². The number of aliphatic hydroxyl groups excluding tert-OH is 1. The summed E-state index contributed by atoms with van der Waals surface area (Å²) in [5.41, 5.74) is 1.07. The quantitative estimate of drug-likeness (QED) is 0.830. The first-order chi connectivity index (χ1) is 7.53. The van der Waals surface area contributed by atoms with E-state index in [1.807, 2.05) is 18.2 Å².